The number of sulfonamides is 1. The van der Waals surface area contributed by atoms with Gasteiger partial charge in [0.15, 0.2) is 46.9 Å². The van der Waals surface area contributed by atoms with Gasteiger partial charge < -0.3 is 56.5 Å². The number of nitrogens with zero attached hydrogens (tertiary/aromatic N) is 8. The smallest absolute Gasteiger partial charge is 0.362 e. The molecule has 2 saturated heterocycles. The number of nitrogen functional groups attached to an aromatic ring is 2. The molecule has 10 atom stereocenters. The molecule has 8 heterocycles. The molecule has 0 radical (unpaired) electrons. The molecule has 12 N–H and O–H groups in total. The first-order valence-electron chi connectivity index (χ1n) is 22.5. The molecule has 390 valence electrons. The Labute approximate surface area is 417 Å². The summed E-state index contributed by atoms with van der Waals surface area (Å²) >= 11 is 0. The summed E-state index contributed by atoms with van der Waals surface area (Å²) in [5, 5.41) is 58.2. The molecule has 6 aromatic rings. The van der Waals surface area contributed by atoms with Gasteiger partial charge in [0.2, 0.25) is 15.9 Å². The minimum Gasteiger partial charge on any atom is -0.454 e. The second-order valence-corrected chi connectivity index (χ2v) is 20.6. The Balaban J connectivity index is 0.748. The summed E-state index contributed by atoms with van der Waals surface area (Å²) < 4.78 is 79.7. The van der Waals surface area contributed by atoms with Gasteiger partial charge in [0.25, 0.3) is 5.91 Å². The number of carbonyl (C=O) groups is 3. The van der Waals surface area contributed by atoms with Crippen molar-refractivity contribution in [2.24, 2.45) is 0 Å². The molecule has 4 aromatic heterocycles. The van der Waals surface area contributed by atoms with E-state index in [-0.39, 0.29) is 62.9 Å². The minimum atomic E-state index is -4.85. The van der Waals surface area contributed by atoms with E-state index in [1.165, 1.54) is 46.1 Å². The van der Waals surface area contributed by atoms with Gasteiger partial charge in [-0.3, -0.25) is 22.9 Å². The van der Waals surface area contributed by atoms with Crippen molar-refractivity contribution in [1.82, 2.24) is 53.8 Å². The summed E-state index contributed by atoms with van der Waals surface area (Å²) in [6, 6.07) is 11.1. The Morgan fingerprint density at radius 2 is 1.54 bits per heavy atom. The van der Waals surface area contributed by atoms with Gasteiger partial charge in [-0.15, -0.1) is 0 Å². The standard InChI is InChI=1S/C43H45N13O16S2/c44-34-28-37(47-16-46-34)55(17-48-28)40-33(61)31(59)26(71-40)15-69-74(67,68)54-27(57)10-11-43(64)23-9-8-19(13-22(23)39(62)53-43)36-51-35(45)29-38(52-36)56(18-49-29)41-32(60)30(58)25(70-41)14-50-73(65,66)12-4-3-7-24-20-5-1-2-6-21(20)42(63)72-24/h1-2,4-6,8-9,12-13,16-18,24-26,30-33,40-41,50,58-61,64H,3,7,10-11,14-15H2,(H,53,62)(H,54,57)(H2,44,46,47)(H2,45,51,52)/b12-4+/t24?,25-,26-,30-,31-,32-,33-,40-,41-,43?/m1/s1. The maximum absolute atomic E-state index is 13.3. The van der Waals surface area contributed by atoms with Gasteiger partial charge in [-0.1, -0.05) is 36.4 Å². The van der Waals surface area contributed by atoms with Crippen LogP contribution >= 0.6 is 0 Å². The van der Waals surface area contributed by atoms with Crippen molar-refractivity contribution in [2.45, 2.75) is 86.6 Å². The molecule has 2 fully saturated rings. The number of cyclic esters (lactones) is 1. The highest BCUT2D eigenvalue weighted by atomic mass is 32.2. The fourth-order valence-corrected chi connectivity index (χ4v) is 10.7. The molecule has 31 heteroatoms. The molecular weight excluding hydrogens is 1020 g/mol. The van der Waals surface area contributed by atoms with E-state index >= 15 is 0 Å². The topological polar surface area (TPSA) is 433 Å². The Bertz CT molecular complexity index is 3490. The molecule has 2 aromatic carbocycles. The summed E-state index contributed by atoms with van der Waals surface area (Å²) in [5.41, 5.74) is 11.7. The molecule has 4 aliphatic rings. The number of aliphatic hydroxyl groups is 5. The molecule has 4 aliphatic heterocycles. The zero-order valence-corrected chi connectivity index (χ0v) is 39.8. The number of amides is 2. The summed E-state index contributed by atoms with van der Waals surface area (Å²) in [6.07, 6.45) is -7.75. The number of carbonyl (C=O) groups excluding carboxylic acids is 3. The predicted molar refractivity (Wildman–Crippen MR) is 250 cm³/mol. The van der Waals surface area contributed by atoms with E-state index in [1.807, 2.05) is 0 Å². The lowest BCUT2D eigenvalue weighted by molar-refractivity contribution is -0.121. The fraction of sp³-hybridized carbons (Fsp3) is 0.372. The lowest BCUT2D eigenvalue weighted by atomic mass is 9.95. The third-order valence-electron chi connectivity index (χ3n) is 12.8. The SMILES string of the molecule is Nc1ncnc2c1ncn2[C@@H]1O[C@H](COS(=O)(=O)NC(=O)CCC2(O)NC(=O)c3cc(-c4nc(N)c5ncn([C@@H]6O[C@H](CNS(=O)(=O)/C=C/CCC7OC(=O)c8ccccc87)[C@@H](O)[C@H]6O)c5n4)ccc32)[C@@H](O)[C@H]1O. The van der Waals surface area contributed by atoms with Gasteiger partial charge in [0.05, 0.1) is 24.8 Å². The molecule has 0 aliphatic carbocycles. The van der Waals surface area contributed by atoms with Crippen LogP contribution in [0.15, 0.2) is 72.9 Å². The molecular formula is C43H45N13O16S2. The Kier molecular flexibility index (Phi) is 13.1. The van der Waals surface area contributed by atoms with Crippen LogP contribution in [-0.4, -0.2) is 149 Å². The van der Waals surface area contributed by atoms with Crippen LogP contribution in [0, 0.1) is 0 Å². The molecule has 0 bridgehead atoms. The summed E-state index contributed by atoms with van der Waals surface area (Å²) in [4.78, 5) is 63.3. The van der Waals surface area contributed by atoms with Crippen molar-refractivity contribution in [1.29, 1.82) is 0 Å². The Hall–Kier alpha value is -7.17. The zero-order valence-electron chi connectivity index (χ0n) is 38.1. The van der Waals surface area contributed by atoms with E-state index in [0.29, 0.717) is 12.0 Å². The number of ether oxygens (including phenoxy) is 3. The van der Waals surface area contributed by atoms with Crippen molar-refractivity contribution in [3.63, 3.8) is 0 Å². The molecule has 2 amide bonds. The fourth-order valence-electron chi connectivity index (χ4n) is 9.08. The van der Waals surface area contributed by atoms with Crippen LogP contribution in [0.3, 0.4) is 0 Å². The van der Waals surface area contributed by atoms with E-state index in [4.69, 9.17) is 29.9 Å². The van der Waals surface area contributed by atoms with Crippen LogP contribution in [0.25, 0.3) is 33.7 Å². The maximum Gasteiger partial charge on any atom is 0.362 e. The number of esters is 1. The maximum atomic E-state index is 13.3. The number of hydrogen-bond donors (Lipinski definition) is 10. The van der Waals surface area contributed by atoms with Crippen molar-refractivity contribution < 1.29 is 75.1 Å². The number of nitrogens with two attached hydrogens (primary N) is 2. The highest BCUT2D eigenvalue weighted by Crippen LogP contribution is 2.38. The third-order valence-corrected chi connectivity index (χ3v) is 14.9. The second-order valence-electron chi connectivity index (χ2n) is 17.6. The van der Waals surface area contributed by atoms with Gasteiger partial charge in [0, 0.05) is 47.0 Å². The van der Waals surface area contributed by atoms with E-state index in [2.05, 4.69) is 39.9 Å². The van der Waals surface area contributed by atoms with E-state index in [0.717, 1.165) is 17.3 Å². The number of rotatable bonds is 17. The van der Waals surface area contributed by atoms with Crippen LogP contribution < -0.4 is 26.2 Å². The second kappa shape index (κ2) is 19.3. The van der Waals surface area contributed by atoms with Crippen LogP contribution in [-0.2, 0) is 49.2 Å². The summed E-state index contributed by atoms with van der Waals surface area (Å²) in [7, 11) is -8.90. The number of anilines is 2. The first-order chi connectivity index (χ1) is 35.2. The number of fused-ring (bicyclic) bond motifs is 4. The Morgan fingerprint density at radius 1 is 0.851 bits per heavy atom. The van der Waals surface area contributed by atoms with Gasteiger partial charge >= 0.3 is 16.3 Å². The highest BCUT2D eigenvalue weighted by molar-refractivity contribution is 7.92. The van der Waals surface area contributed by atoms with Crippen molar-refractivity contribution in [3.8, 4) is 11.4 Å². The minimum absolute atomic E-state index is 0.0216. The number of benzene rings is 2. The van der Waals surface area contributed by atoms with Crippen molar-refractivity contribution in [3.05, 3.63) is 95.2 Å². The first kappa shape index (κ1) is 50.4. The number of hydrogen-bond acceptors (Lipinski definition) is 24. The number of allylic oxidation sites excluding steroid dienone is 1. The molecule has 74 heavy (non-hydrogen) atoms. The van der Waals surface area contributed by atoms with Crippen molar-refractivity contribution >= 4 is 72.1 Å². The van der Waals surface area contributed by atoms with Crippen LogP contribution in [0.1, 0.15) is 76.1 Å². The van der Waals surface area contributed by atoms with E-state index in [9.17, 15) is 56.8 Å². The molecule has 2 unspecified atom stereocenters. The van der Waals surface area contributed by atoms with E-state index in [1.54, 1.807) is 29.0 Å². The quantitative estimate of drug-likeness (QED) is 0.0438. The molecule has 0 spiro atoms. The van der Waals surface area contributed by atoms with Crippen LogP contribution in [0.4, 0.5) is 11.6 Å². The predicted octanol–water partition coefficient (Wildman–Crippen LogP) is -2.09. The number of nitrogens with one attached hydrogen (secondary N) is 3. The average Bonchev–Trinajstić information content (AvgIpc) is 4.22. The first-order valence-corrected chi connectivity index (χ1v) is 25.5. The molecule has 0 saturated carbocycles. The average molecular weight is 1060 g/mol. The van der Waals surface area contributed by atoms with Gasteiger partial charge in [-0.05, 0) is 25.0 Å². The number of imidazole rings is 2. The Morgan fingerprint density at radius 3 is 2.30 bits per heavy atom. The molecule has 10 rings (SSSR count). The monoisotopic (exact) mass is 1060 g/mol. The molecule has 29 nitrogen and oxygen atoms in total. The third kappa shape index (κ3) is 9.49. The van der Waals surface area contributed by atoms with Crippen molar-refractivity contribution in [2.75, 3.05) is 24.6 Å². The van der Waals surface area contributed by atoms with Gasteiger partial charge in [-0.25, -0.2) is 52.6 Å². The van der Waals surface area contributed by atoms with Crippen LogP contribution in [0.2, 0.25) is 0 Å². The summed E-state index contributed by atoms with van der Waals surface area (Å²) in [6.45, 7) is -1.28. The van der Waals surface area contributed by atoms with E-state index < -0.39 is 125 Å². The van der Waals surface area contributed by atoms with Gasteiger partial charge in [0.1, 0.15) is 60.1 Å². The number of aliphatic hydroxyl groups excluding tert-OH is 4. The highest BCUT2D eigenvalue weighted by Gasteiger charge is 2.47. The lowest BCUT2D eigenvalue weighted by Crippen LogP contribution is -2.41. The zero-order chi connectivity index (χ0) is 52.4. The normalized spacial score (nSPS) is 26.7. The lowest BCUT2D eigenvalue weighted by Gasteiger charge is -2.23. The van der Waals surface area contributed by atoms with Crippen LogP contribution in [0.5, 0.6) is 0 Å². The summed E-state index contributed by atoms with van der Waals surface area (Å²) in [5.74, 6) is -2.49. The largest absolute Gasteiger partial charge is 0.454 e. The number of aromatic nitrogens is 8. The van der Waals surface area contributed by atoms with Gasteiger partial charge in [-0.2, -0.15) is 8.42 Å².